The van der Waals surface area contributed by atoms with Crippen molar-refractivity contribution in [2.45, 2.75) is 64.8 Å². The maximum atomic E-state index is 3.83. The van der Waals surface area contributed by atoms with E-state index in [0.29, 0.717) is 11.5 Å². The number of hydrogen-bond donors (Lipinski definition) is 1. The van der Waals surface area contributed by atoms with Gasteiger partial charge in [0.05, 0.1) is 0 Å². The minimum Gasteiger partial charge on any atom is -0.381 e. The summed E-state index contributed by atoms with van der Waals surface area (Å²) in [5.74, 6) is 0. The van der Waals surface area contributed by atoms with E-state index in [2.05, 4.69) is 49.5 Å². The molecular formula is C19H27N. The Morgan fingerprint density at radius 2 is 2.00 bits per heavy atom. The van der Waals surface area contributed by atoms with Crippen LogP contribution in [0.2, 0.25) is 0 Å². The van der Waals surface area contributed by atoms with Crippen LogP contribution in [0, 0.1) is 5.41 Å². The molecular weight excluding hydrogens is 242 g/mol. The van der Waals surface area contributed by atoms with Crippen LogP contribution in [0.1, 0.15) is 57.9 Å². The van der Waals surface area contributed by atoms with E-state index in [1.165, 1.54) is 49.8 Å². The number of fused-ring (bicyclic) bond motifs is 1. The quantitative estimate of drug-likeness (QED) is 0.731. The largest absolute Gasteiger partial charge is 0.381 e. The second-order valence-corrected chi connectivity index (χ2v) is 6.68. The van der Waals surface area contributed by atoms with Crippen molar-refractivity contribution in [1.82, 2.24) is 0 Å². The highest BCUT2D eigenvalue weighted by Gasteiger charge is 2.40. The summed E-state index contributed by atoms with van der Waals surface area (Å²) in [6.07, 6.45) is 11.6. The van der Waals surface area contributed by atoms with Crippen LogP contribution in [0.4, 0.5) is 5.69 Å². The number of allylic oxidation sites excluding steroid dienone is 1. The number of benzene rings is 1. The summed E-state index contributed by atoms with van der Waals surface area (Å²) in [7, 11) is 0. The van der Waals surface area contributed by atoms with Gasteiger partial charge in [-0.3, -0.25) is 0 Å². The fourth-order valence-electron chi connectivity index (χ4n) is 4.01. The van der Waals surface area contributed by atoms with E-state index in [1.807, 2.05) is 0 Å². The molecule has 0 amide bonds. The lowest BCUT2D eigenvalue weighted by Gasteiger charge is -2.46. The van der Waals surface area contributed by atoms with Crippen LogP contribution in [0.5, 0.6) is 0 Å². The molecule has 0 spiro atoms. The van der Waals surface area contributed by atoms with E-state index < -0.39 is 0 Å². The van der Waals surface area contributed by atoms with Gasteiger partial charge in [0.2, 0.25) is 0 Å². The molecule has 1 nitrogen and oxygen atoms in total. The van der Waals surface area contributed by atoms with Crippen molar-refractivity contribution < 1.29 is 0 Å². The van der Waals surface area contributed by atoms with E-state index >= 15 is 0 Å². The zero-order chi connectivity index (χ0) is 14.0. The fourth-order valence-corrected chi connectivity index (χ4v) is 4.01. The van der Waals surface area contributed by atoms with E-state index in [0.717, 1.165) is 6.42 Å². The number of rotatable bonds is 3. The Labute approximate surface area is 123 Å². The minimum atomic E-state index is 0.389. The predicted molar refractivity (Wildman–Crippen MR) is 87.1 cm³/mol. The molecule has 1 aromatic rings. The lowest BCUT2D eigenvalue weighted by Crippen LogP contribution is -2.43. The van der Waals surface area contributed by atoms with E-state index in [1.54, 1.807) is 5.57 Å². The van der Waals surface area contributed by atoms with E-state index in [4.69, 9.17) is 0 Å². The number of anilines is 1. The third-order valence-corrected chi connectivity index (χ3v) is 5.44. The van der Waals surface area contributed by atoms with Gasteiger partial charge in [-0.25, -0.2) is 0 Å². The highest BCUT2D eigenvalue weighted by Crippen LogP contribution is 2.48. The molecule has 2 aliphatic rings. The smallest absolute Gasteiger partial charge is 0.0352 e. The highest BCUT2D eigenvalue weighted by molar-refractivity contribution is 5.47. The van der Waals surface area contributed by atoms with Gasteiger partial charge in [0, 0.05) is 17.1 Å². The first kappa shape index (κ1) is 13.7. The molecule has 1 fully saturated rings. The first-order chi connectivity index (χ1) is 9.72. The van der Waals surface area contributed by atoms with Gasteiger partial charge in [-0.2, -0.15) is 0 Å². The summed E-state index contributed by atoms with van der Waals surface area (Å²) in [5.41, 5.74) is 4.82. The van der Waals surface area contributed by atoms with E-state index in [9.17, 15) is 0 Å². The second kappa shape index (κ2) is 5.63. The summed E-state index contributed by atoms with van der Waals surface area (Å²) >= 11 is 0. The molecule has 0 aromatic heterocycles. The first-order valence-corrected chi connectivity index (χ1v) is 8.27. The van der Waals surface area contributed by atoms with Crippen molar-refractivity contribution in [1.29, 1.82) is 0 Å². The van der Waals surface area contributed by atoms with Crippen LogP contribution >= 0.6 is 0 Å². The molecule has 1 saturated carbocycles. The summed E-state index contributed by atoms with van der Waals surface area (Å²) in [6, 6.07) is 9.62. The van der Waals surface area contributed by atoms with Gasteiger partial charge in [-0.15, -0.1) is 0 Å². The molecule has 20 heavy (non-hydrogen) atoms. The molecule has 0 heterocycles. The molecule has 2 atom stereocenters. The molecule has 0 radical (unpaired) electrons. The van der Waals surface area contributed by atoms with Crippen LogP contribution in [0.25, 0.3) is 0 Å². The lowest BCUT2D eigenvalue weighted by molar-refractivity contribution is 0.235. The highest BCUT2D eigenvalue weighted by atomic mass is 14.9. The summed E-state index contributed by atoms with van der Waals surface area (Å²) in [6.45, 7) is 4.69. The maximum absolute atomic E-state index is 3.83. The molecule has 2 unspecified atom stereocenters. The molecule has 1 heteroatoms. The van der Waals surface area contributed by atoms with Crippen molar-refractivity contribution in [2.24, 2.45) is 5.41 Å². The van der Waals surface area contributed by atoms with Crippen LogP contribution in [-0.2, 0) is 6.42 Å². The Bertz CT molecular complexity index is 485. The monoisotopic (exact) mass is 269 g/mol. The van der Waals surface area contributed by atoms with Crippen molar-refractivity contribution in [3.63, 3.8) is 0 Å². The molecule has 2 aliphatic carbocycles. The van der Waals surface area contributed by atoms with Crippen molar-refractivity contribution in [3.05, 3.63) is 41.5 Å². The minimum absolute atomic E-state index is 0.389. The SMILES string of the molecule is CCc1ccc(NC2CCCC3=CCCCC32C)cc1. The average Bonchev–Trinajstić information content (AvgIpc) is 2.49. The van der Waals surface area contributed by atoms with Crippen LogP contribution < -0.4 is 5.32 Å². The number of hydrogen-bond acceptors (Lipinski definition) is 1. The number of nitrogens with one attached hydrogen (secondary N) is 1. The molecule has 1 N–H and O–H groups in total. The molecule has 1 aromatic carbocycles. The van der Waals surface area contributed by atoms with Gasteiger partial charge in [-0.05, 0) is 62.6 Å². The molecule has 108 valence electrons. The summed E-state index contributed by atoms with van der Waals surface area (Å²) < 4.78 is 0. The molecule has 3 rings (SSSR count). The van der Waals surface area contributed by atoms with Gasteiger partial charge >= 0.3 is 0 Å². The third-order valence-electron chi connectivity index (χ3n) is 5.44. The van der Waals surface area contributed by atoms with Crippen molar-refractivity contribution in [3.8, 4) is 0 Å². The fraction of sp³-hybridized carbons (Fsp3) is 0.579. The van der Waals surface area contributed by atoms with Crippen molar-refractivity contribution in [2.75, 3.05) is 5.32 Å². The zero-order valence-electron chi connectivity index (χ0n) is 12.9. The van der Waals surface area contributed by atoms with E-state index in [-0.39, 0.29) is 0 Å². The van der Waals surface area contributed by atoms with Crippen LogP contribution in [0.15, 0.2) is 35.9 Å². The molecule has 0 saturated heterocycles. The standard InChI is InChI=1S/C19H27N/c1-3-15-10-12-17(13-11-15)20-18-9-6-8-16-7-4-5-14-19(16,18)2/h7,10-13,18,20H,3-6,8-9,14H2,1-2H3. The Balaban J connectivity index is 1.78. The molecule has 0 bridgehead atoms. The summed E-state index contributed by atoms with van der Waals surface area (Å²) in [4.78, 5) is 0. The maximum Gasteiger partial charge on any atom is 0.0352 e. The third kappa shape index (κ3) is 2.51. The van der Waals surface area contributed by atoms with Gasteiger partial charge in [0.1, 0.15) is 0 Å². The van der Waals surface area contributed by atoms with Gasteiger partial charge in [-0.1, -0.05) is 37.6 Å². The van der Waals surface area contributed by atoms with Gasteiger partial charge in [0.15, 0.2) is 0 Å². The Morgan fingerprint density at radius 3 is 2.75 bits per heavy atom. The second-order valence-electron chi connectivity index (χ2n) is 6.68. The van der Waals surface area contributed by atoms with Gasteiger partial charge < -0.3 is 5.32 Å². The topological polar surface area (TPSA) is 12.0 Å². The molecule has 0 aliphatic heterocycles. The lowest BCUT2D eigenvalue weighted by atomic mass is 9.63. The van der Waals surface area contributed by atoms with Crippen LogP contribution in [0.3, 0.4) is 0 Å². The predicted octanol–water partition coefficient (Wildman–Crippen LogP) is 5.33. The zero-order valence-corrected chi connectivity index (χ0v) is 12.9. The van der Waals surface area contributed by atoms with Crippen LogP contribution in [-0.4, -0.2) is 6.04 Å². The summed E-state index contributed by atoms with van der Waals surface area (Å²) in [5, 5.41) is 3.83. The van der Waals surface area contributed by atoms with Crippen molar-refractivity contribution >= 4 is 5.69 Å². The number of aryl methyl sites for hydroxylation is 1. The Morgan fingerprint density at radius 1 is 1.20 bits per heavy atom. The average molecular weight is 269 g/mol. The normalized spacial score (nSPS) is 29.5. The van der Waals surface area contributed by atoms with Gasteiger partial charge in [0.25, 0.3) is 0 Å². The Kier molecular flexibility index (Phi) is 3.87. The first-order valence-electron chi connectivity index (χ1n) is 8.27. The Hall–Kier alpha value is -1.24.